The summed E-state index contributed by atoms with van der Waals surface area (Å²) in [6.07, 6.45) is 1.24. The van der Waals surface area contributed by atoms with E-state index in [1.807, 2.05) is 0 Å². The number of amides is 1. The molecule has 1 unspecified atom stereocenters. The normalized spacial score (nSPS) is 19.4. The van der Waals surface area contributed by atoms with E-state index in [4.69, 9.17) is 4.74 Å². The molecule has 0 radical (unpaired) electrons. The minimum atomic E-state index is -3.36. The number of carbonyl (C=O) groups is 1. The molecule has 1 fully saturated rings. The third-order valence-corrected chi connectivity index (χ3v) is 5.47. The number of para-hydroxylation sites is 2. The van der Waals surface area contributed by atoms with Gasteiger partial charge in [-0.05, 0) is 31.9 Å². The molecule has 1 aliphatic rings. The molecule has 0 aromatic heterocycles. The Hall–Kier alpha value is -1.60. The number of anilines is 1. The number of sulfonamides is 1. The molecular weight excluding hydrogens is 292 g/mol. The summed E-state index contributed by atoms with van der Waals surface area (Å²) >= 11 is 0. The van der Waals surface area contributed by atoms with Crippen LogP contribution < -0.4 is 10.1 Å². The van der Waals surface area contributed by atoms with Crippen LogP contribution in [0.15, 0.2) is 24.3 Å². The summed E-state index contributed by atoms with van der Waals surface area (Å²) in [5, 5.41) is 2.76. The zero-order valence-corrected chi connectivity index (χ0v) is 13.0. The van der Waals surface area contributed by atoms with Crippen LogP contribution in [0.2, 0.25) is 0 Å². The second-order valence-electron chi connectivity index (χ2n) is 4.86. The van der Waals surface area contributed by atoms with Crippen LogP contribution in [-0.2, 0) is 14.8 Å². The summed E-state index contributed by atoms with van der Waals surface area (Å²) in [4.78, 5) is 12.4. The van der Waals surface area contributed by atoms with Crippen LogP contribution in [0.25, 0.3) is 0 Å². The molecule has 1 atom stereocenters. The molecule has 0 spiro atoms. The first-order valence-electron chi connectivity index (χ1n) is 6.93. The number of hydrogen-bond donors (Lipinski definition) is 1. The molecule has 6 nitrogen and oxygen atoms in total. The molecule has 1 aliphatic heterocycles. The van der Waals surface area contributed by atoms with E-state index in [0.717, 1.165) is 0 Å². The number of methoxy groups -OCH3 is 1. The van der Waals surface area contributed by atoms with Gasteiger partial charge in [-0.25, -0.2) is 8.42 Å². The third-order valence-electron chi connectivity index (χ3n) is 3.59. The van der Waals surface area contributed by atoms with Crippen LogP contribution in [0.4, 0.5) is 5.69 Å². The monoisotopic (exact) mass is 312 g/mol. The van der Waals surface area contributed by atoms with Gasteiger partial charge in [0.15, 0.2) is 0 Å². The van der Waals surface area contributed by atoms with E-state index < -0.39 is 16.1 Å². The van der Waals surface area contributed by atoms with Crippen LogP contribution in [0.5, 0.6) is 5.75 Å². The summed E-state index contributed by atoms with van der Waals surface area (Å²) in [6, 6.07) is 6.42. The minimum absolute atomic E-state index is 0.00539. The number of hydrogen-bond acceptors (Lipinski definition) is 4. The van der Waals surface area contributed by atoms with Crippen LogP contribution in [0.1, 0.15) is 19.8 Å². The van der Waals surface area contributed by atoms with E-state index in [9.17, 15) is 13.2 Å². The van der Waals surface area contributed by atoms with Crippen molar-refractivity contribution in [2.45, 2.75) is 25.8 Å². The molecule has 0 bridgehead atoms. The zero-order chi connectivity index (χ0) is 15.5. The van der Waals surface area contributed by atoms with Crippen molar-refractivity contribution in [1.29, 1.82) is 0 Å². The molecule has 1 N–H and O–H groups in total. The van der Waals surface area contributed by atoms with Crippen molar-refractivity contribution in [1.82, 2.24) is 4.31 Å². The number of nitrogens with zero attached hydrogens (tertiary/aromatic N) is 1. The Kier molecular flexibility index (Phi) is 4.84. The predicted octanol–water partition coefficient (Wildman–Crippen LogP) is 1.45. The number of ether oxygens (including phenoxy) is 1. The van der Waals surface area contributed by atoms with Crippen molar-refractivity contribution < 1.29 is 17.9 Å². The largest absolute Gasteiger partial charge is 0.495 e. The average Bonchev–Trinajstić information content (AvgIpc) is 2.98. The molecule has 116 valence electrons. The van der Waals surface area contributed by atoms with Crippen molar-refractivity contribution in [3.05, 3.63) is 24.3 Å². The topological polar surface area (TPSA) is 75.7 Å². The van der Waals surface area contributed by atoms with Gasteiger partial charge in [0.2, 0.25) is 15.9 Å². The van der Waals surface area contributed by atoms with Crippen molar-refractivity contribution >= 4 is 21.6 Å². The van der Waals surface area contributed by atoms with Crippen LogP contribution in [-0.4, -0.2) is 44.1 Å². The van der Waals surface area contributed by atoms with E-state index in [2.05, 4.69) is 5.32 Å². The maximum Gasteiger partial charge on any atom is 0.242 e. The van der Waals surface area contributed by atoms with Gasteiger partial charge in [-0.1, -0.05) is 12.1 Å². The van der Waals surface area contributed by atoms with Gasteiger partial charge in [-0.3, -0.25) is 4.79 Å². The lowest BCUT2D eigenvalue weighted by Gasteiger charge is -2.23. The van der Waals surface area contributed by atoms with E-state index >= 15 is 0 Å². The van der Waals surface area contributed by atoms with Gasteiger partial charge < -0.3 is 10.1 Å². The van der Waals surface area contributed by atoms with Crippen molar-refractivity contribution in [3.8, 4) is 5.75 Å². The highest BCUT2D eigenvalue weighted by molar-refractivity contribution is 7.89. The Morgan fingerprint density at radius 1 is 1.43 bits per heavy atom. The number of rotatable bonds is 5. The number of benzene rings is 1. The molecule has 21 heavy (non-hydrogen) atoms. The first-order chi connectivity index (χ1) is 9.99. The highest BCUT2D eigenvalue weighted by Gasteiger charge is 2.37. The standard InChI is InChI=1S/C14H20N2O4S/c1-3-21(18,19)16-10-6-8-12(16)14(17)15-11-7-4-5-9-13(11)20-2/h4-5,7,9,12H,3,6,8,10H2,1-2H3,(H,15,17). The Labute approximate surface area is 125 Å². The lowest BCUT2D eigenvalue weighted by molar-refractivity contribution is -0.119. The minimum Gasteiger partial charge on any atom is -0.495 e. The fourth-order valence-corrected chi connectivity index (χ4v) is 3.79. The van der Waals surface area contributed by atoms with Gasteiger partial charge in [0.25, 0.3) is 0 Å². The van der Waals surface area contributed by atoms with E-state index in [1.165, 1.54) is 11.4 Å². The molecule has 7 heteroatoms. The summed E-state index contributed by atoms with van der Waals surface area (Å²) in [5.41, 5.74) is 0.547. The van der Waals surface area contributed by atoms with Gasteiger partial charge >= 0.3 is 0 Å². The molecule has 1 heterocycles. The molecular formula is C14H20N2O4S. The fourth-order valence-electron chi connectivity index (χ4n) is 2.46. The number of nitrogens with one attached hydrogen (secondary N) is 1. The Morgan fingerprint density at radius 3 is 2.81 bits per heavy atom. The second-order valence-corrected chi connectivity index (χ2v) is 7.07. The quantitative estimate of drug-likeness (QED) is 0.893. The van der Waals surface area contributed by atoms with E-state index in [-0.39, 0.29) is 11.7 Å². The van der Waals surface area contributed by atoms with Gasteiger partial charge in [-0.2, -0.15) is 4.31 Å². The van der Waals surface area contributed by atoms with Gasteiger partial charge in [0, 0.05) is 6.54 Å². The molecule has 2 rings (SSSR count). The molecule has 1 amide bonds. The summed E-state index contributed by atoms with van der Waals surface area (Å²) in [6.45, 7) is 1.99. The SMILES string of the molecule is CCS(=O)(=O)N1CCCC1C(=O)Nc1ccccc1OC. The Morgan fingerprint density at radius 2 is 2.14 bits per heavy atom. The lowest BCUT2D eigenvalue weighted by atomic mass is 10.2. The first kappa shape index (κ1) is 15.8. The number of carbonyl (C=O) groups excluding carboxylic acids is 1. The van der Waals surface area contributed by atoms with E-state index in [0.29, 0.717) is 30.8 Å². The highest BCUT2D eigenvalue weighted by atomic mass is 32.2. The summed E-state index contributed by atoms with van der Waals surface area (Å²) in [7, 11) is -1.84. The molecule has 0 aliphatic carbocycles. The third kappa shape index (κ3) is 3.36. The Bertz CT molecular complexity index is 615. The van der Waals surface area contributed by atoms with E-state index in [1.54, 1.807) is 31.2 Å². The fraction of sp³-hybridized carbons (Fsp3) is 0.500. The molecule has 1 aromatic carbocycles. The van der Waals surface area contributed by atoms with Crippen LogP contribution >= 0.6 is 0 Å². The molecule has 1 aromatic rings. The summed E-state index contributed by atoms with van der Waals surface area (Å²) < 4.78 is 30.5. The molecule has 0 saturated carbocycles. The van der Waals surface area contributed by atoms with Crippen LogP contribution in [0, 0.1) is 0 Å². The lowest BCUT2D eigenvalue weighted by Crippen LogP contribution is -2.43. The van der Waals surface area contributed by atoms with Gasteiger partial charge in [0.05, 0.1) is 18.6 Å². The predicted molar refractivity (Wildman–Crippen MR) is 80.8 cm³/mol. The van der Waals surface area contributed by atoms with Gasteiger partial charge in [0.1, 0.15) is 11.8 Å². The average molecular weight is 312 g/mol. The smallest absolute Gasteiger partial charge is 0.242 e. The van der Waals surface area contributed by atoms with Crippen molar-refractivity contribution in [2.75, 3.05) is 24.7 Å². The second kappa shape index (κ2) is 6.44. The Balaban J connectivity index is 2.16. The van der Waals surface area contributed by atoms with Crippen LogP contribution in [0.3, 0.4) is 0 Å². The first-order valence-corrected chi connectivity index (χ1v) is 8.54. The highest BCUT2D eigenvalue weighted by Crippen LogP contribution is 2.26. The maximum atomic E-state index is 12.4. The van der Waals surface area contributed by atoms with Gasteiger partial charge in [-0.15, -0.1) is 0 Å². The summed E-state index contributed by atoms with van der Waals surface area (Å²) in [5.74, 6) is 0.244. The zero-order valence-electron chi connectivity index (χ0n) is 12.2. The molecule has 1 saturated heterocycles. The van der Waals surface area contributed by atoms with Crippen molar-refractivity contribution in [3.63, 3.8) is 0 Å². The maximum absolute atomic E-state index is 12.4. The van der Waals surface area contributed by atoms with Crippen molar-refractivity contribution in [2.24, 2.45) is 0 Å².